The van der Waals surface area contributed by atoms with E-state index in [0.29, 0.717) is 17.9 Å². The van der Waals surface area contributed by atoms with Crippen LogP contribution in [0.25, 0.3) is 16.8 Å². The molecule has 0 unspecified atom stereocenters. The van der Waals surface area contributed by atoms with Gasteiger partial charge in [0.15, 0.2) is 11.3 Å². The summed E-state index contributed by atoms with van der Waals surface area (Å²) in [7, 11) is 1.63. The van der Waals surface area contributed by atoms with Gasteiger partial charge in [-0.2, -0.15) is 5.10 Å². The van der Waals surface area contributed by atoms with E-state index in [0.717, 1.165) is 33.6 Å². The van der Waals surface area contributed by atoms with Crippen LogP contribution in [0.4, 0.5) is 5.69 Å². The van der Waals surface area contributed by atoms with Crippen molar-refractivity contribution in [3.05, 3.63) is 76.7 Å². The summed E-state index contributed by atoms with van der Waals surface area (Å²) in [5.41, 5.74) is 6.88. The highest BCUT2D eigenvalue weighted by molar-refractivity contribution is 6.04. The molecule has 7 heteroatoms. The molecule has 4 rings (SSSR count). The van der Waals surface area contributed by atoms with E-state index in [1.807, 2.05) is 69.3 Å². The van der Waals surface area contributed by atoms with Crippen molar-refractivity contribution in [2.45, 2.75) is 27.4 Å². The maximum atomic E-state index is 12.9. The maximum absolute atomic E-state index is 12.9. The zero-order valence-electron chi connectivity index (χ0n) is 17.4. The van der Waals surface area contributed by atoms with Crippen LogP contribution >= 0.6 is 0 Å². The van der Waals surface area contributed by atoms with Crippen molar-refractivity contribution in [2.24, 2.45) is 0 Å². The van der Waals surface area contributed by atoms with Crippen LogP contribution in [0.2, 0.25) is 0 Å². The molecule has 0 spiro atoms. The number of aromatic nitrogens is 4. The molecule has 0 atom stereocenters. The fraction of sp³-hybridized carbons (Fsp3) is 0.217. The van der Waals surface area contributed by atoms with Gasteiger partial charge in [-0.05, 0) is 38.0 Å². The Morgan fingerprint density at radius 2 is 1.83 bits per heavy atom. The van der Waals surface area contributed by atoms with Crippen molar-refractivity contribution >= 4 is 17.2 Å². The summed E-state index contributed by atoms with van der Waals surface area (Å²) in [5.74, 6) is -0.320. The Kier molecular flexibility index (Phi) is 5.29. The number of aryl methyl sites for hydroxylation is 3. The molecule has 0 fully saturated rings. The number of methoxy groups -OCH3 is 1. The van der Waals surface area contributed by atoms with Crippen LogP contribution in [-0.4, -0.2) is 32.8 Å². The number of amides is 1. The van der Waals surface area contributed by atoms with Gasteiger partial charge in [0.25, 0.3) is 5.91 Å². The highest BCUT2D eigenvalue weighted by Crippen LogP contribution is 2.28. The van der Waals surface area contributed by atoms with Gasteiger partial charge in [-0.1, -0.05) is 48.0 Å². The second-order valence-corrected chi connectivity index (χ2v) is 7.26. The largest absolute Gasteiger partial charge is 0.378 e. The number of benzene rings is 2. The molecule has 0 radical (unpaired) electrons. The number of rotatable bonds is 5. The number of carbonyl (C=O) groups excluding carboxylic acids is 1. The highest BCUT2D eigenvalue weighted by atomic mass is 16.5. The Morgan fingerprint density at radius 1 is 1.07 bits per heavy atom. The molecule has 2 heterocycles. The third-order valence-corrected chi connectivity index (χ3v) is 5.03. The second-order valence-electron chi connectivity index (χ2n) is 7.26. The standard InChI is InChI=1S/C23H23N5O2/c1-14-10-11-18(15(2)12-14)24-23(29)21-16(3)28-22(26-25-21)20(19(27-28)13-30-4)17-8-6-5-7-9-17/h5-12H,13H2,1-4H3,(H,24,29). The molecule has 30 heavy (non-hydrogen) atoms. The zero-order chi connectivity index (χ0) is 21.3. The first-order valence-electron chi connectivity index (χ1n) is 9.67. The molecule has 2 aromatic heterocycles. The number of hydrogen-bond donors (Lipinski definition) is 1. The number of fused-ring (bicyclic) bond motifs is 1. The summed E-state index contributed by atoms with van der Waals surface area (Å²) in [6, 6.07) is 15.7. The maximum Gasteiger partial charge on any atom is 0.278 e. The first-order valence-corrected chi connectivity index (χ1v) is 9.67. The molecule has 7 nitrogen and oxygen atoms in total. The van der Waals surface area contributed by atoms with Crippen molar-refractivity contribution in [3.63, 3.8) is 0 Å². The van der Waals surface area contributed by atoms with E-state index in [4.69, 9.17) is 4.74 Å². The van der Waals surface area contributed by atoms with Crippen molar-refractivity contribution in [1.29, 1.82) is 0 Å². The van der Waals surface area contributed by atoms with E-state index in [1.54, 1.807) is 11.6 Å². The van der Waals surface area contributed by atoms with Gasteiger partial charge in [0.2, 0.25) is 0 Å². The second kappa shape index (κ2) is 8.04. The minimum atomic E-state index is -0.320. The lowest BCUT2D eigenvalue weighted by molar-refractivity contribution is 0.102. The average Bonchev–Trinajstić information content (AvgIpc) is 3.10. The fourth-order valence-corrected chi connectivity index (χ4v) is 3.53. The molecule has 1 amide bonds. The number of ether oxygens (including phenoxy) is 1. The summed E-state index contributed by atoms with van der Waals surface area (Å²) >= 11 is 0. The molecule has 152 valence electrons. The number of carbonyl (C=O) groups is 1. The van der Waals surface area contributed by atoms with Crippen LogP contribution in [0.15, 0.2) is 48.5 Å². The Labute approximate surface area is 174 Å². The van der Waals surface area contributed by atoms with Crippen molar-refractivity contribution in [3.8, 4) is 11.1 Å². The molecule has 4 aromatic rings. The van der Waals surface area contributed by atoms with E-state index in [9.17, 15) is 4.79 Å². The van der Waals surface area contributed by atoms with Gasteiger partial charge in [0, 0.05) is 12.8 Å². The van der Waals surface area contributed by atoms with Gasteiger partial charge in [-0.15, -0.1) is 10.2 Å². The summed E-state index contributed by atoms with van der Waals surface area (Å²) < 4.78 is 7.00. The molecular weight excluding hydrogens is 378 g/mol. The Balaban J connectivity index is 1.78. The monoisotopic (exact) mass is 401 g/mol. The van der Waals surface area contributed by atoms with E-state index in [2.05, 4.69) is 20.6 Å². The lowest BCUT2D eigenvalue weighted by Gasteiger charge is -2.10. The molecule has 0 saturated carbocycles. The SMILES string of the molecule is COCc1nn2c(C)c(C(=O)Nc3ccc(C)cc3C)nnc2c1-c1ccccc1. The van der Waals surface area contributed by atoms with Gasteiger partial charge < -0.3 is 10.1 Å². The smallest absolute Gasteiger partial charge is 0.278 e. The highest BCUT2D eigenvalue weighted by Gasteiger charge is 2.22. The van der Waals surface area contributed by atoms with Crippen LogP contribution < -0.4 is 5.32 Å². The molecular formula is C23H23N5O2. The van der Waals surface area contributed by atoms with Gasteiger partial charge in [0.1, 0.15) is 0 Å². The quantitative estimate of drug-likeness (QED) is 0.544. The van der Waals surface area contributed by atoms with Crippen molar-refractivity contribution in [2.75, 3.05) is 12.4 Å². The first kappa shape index (κ1) is 19.7. The fourth-order valence-electron chi connectivity index (χ4n) is 3.53. The van der Waals surface area contributed by atoms with E-state index in [1.165, 1.54) is 0 Å². The summed E-state index contributed by atoms with van der Waals surface area (Å²) in [4.78, 5) is 12.9. The normalized spacial score (nSPS) is 11.1. The zero-order valence-corrected chi connectivity index (χ0v) is 17.4. The molecule has 0 aliphatic rings. The summed E-state index contributed by atoms with van der Waals surface area (Å²) in [6.07, 6.45) is 0. The number of nitrogens with zero attached hydrogens (tertiary/aromatic N) is 4. The van der Waals surface area contributed by atoms with Crippen LogP contribution in [0, 0.1) is 20.8 Å². The van der Waals surface area contributed by atoms with Crippen LogP contribution in [0.1, 0.15) is 33.0 Å². The lowest BCUT2D eigenvalue weighted by Crippen LogP contribution is -2.19. The van der Waals surface area contributed by atoms with Crippen LogP contribution in [-0.2, 0) is 11.3 Å². The Morgan fingerprint density at radius 3 is 2.53 bits per heavy atom. The summed E-state index contributed by atoms with van der Waals surface area (Å²) in [6.45, 7) is 6.12. The van der Waals surface area contributed by atoms with Gasteiger partial charge in [-0.3, -0.25) is 4.79 Å². The molecule has 1 N–H and O–H groups in total. The lowest BCUT2D eigenvalue weighted by atomic mass is 10.1. The minimum absolute atomic E-state index is 0.230. The van der Waals surface area contributed by atoms with E-state index < -0.39 is 0 Å². The van der Waals surface area contributed by atoms with Gasteiger partial charge in [0.05, 0.1) is 23.6 Å². The van der Waals surface area contributed by atoms with E-state index >= 15 is 0 Å². The summed E-state index contributed by atoms with van der Waals surface area (Å²) in [5, 5.41) is 16.2. The number of hydrogen-bond acceptors (Lipinski definition) is 5. The predicted molar refractivity (Wildman–Crippen MR) is 116 cm³/mol. The Hall–Kier alpha value is -3.58. The van der Waals surface area contributed by atoms with Crippen molar-refractivity contribution in [1.82, 2.24) is 19.8 Å². The Bertz CT molecular complexity index is 1230. The van der Waals surface area contributed by atoms with Crippen LogP contribution in [0.5, 0.6) is 0 Å². The topological polar surface area (TPSA) is 81.4 Å². The van der Waals surface area contributed by atoms with Crippen LogP contribution in [0.3, 0.4) is 0 Å². The average molecular weight is 401 g/mol. The number of anilines is 1. The van der Waals surface area contributed by atoms with Gasteiger partial charge in [-0.25, -0.2) is 4.52 Å². The third-order valence-electron chi connectivity index (χ3n) is 5.03. The molecule has 0 bridgehead atoms. The van der Waals surface area contributed by atoms with Gasteiger partial charge >= 0.3 is 0 Å². The van der Waals surface area contributed by atoms with Crippen molar-refractivity contribution < 1.29 is 9.53 Å². The third kappa shape index (κ3) is 3.55. The molecule has 0 aliphatic heterocycles. The predicted octanol–water partition coefficient (Wildman–Crippen LogP) is 4.12. The molecule has 0 saturated heterocycles. The molecule has 0 aliphatic carbocycles. The van der Waals surface area contributed by atoms with E-state index in [-0.39, 0.29) is 11.6 Å². The number of nitrogens with one attached hydrogen (secondary N) is 1. The first-order chi connectivity index (χ1) is 14.5. The minimum Gasteiger partial charge on any atom is -0.378 e. The molecule has 2 aromatic carbocycles.